The SMILES string of the molecule is CC(=O)c1nn(CC(=O)OC(C)(C)C)c2cc(-c3cnc(C)nc3)ccc12. The summed E-state index contributed by atoms with van der Waals surface area (Å²) in [4.78, 5) is 32.7. The number of Topliss-reactive ketones (excluding diaryl/α,β-unsaturated/α-hetero) is 1. The van der Waals surface area contributed by atoms with Crippen LogP contribution in [0.1, 0.15) is 44.0 Å². The van der Waals surface area contributed by atoms with Crippen molar-refractivity contribution in [2.75, 3.05) is 0 Å². The first-order valence-electron chi connectivity index (χ1n) is 8.66. The number of esters is 1. The molecule has 0 bridgehead atoms. The molecular weight excluding hydrogens is 344 g/mol. The van der Waals surface area contributed by atoms with Crippen LogP contribution in [0.15, 0.2) is 30.6 Å². The largest absolute Gasteiger partial charge is 0.459 e. The second-order valence-corrected chi connectivity index (χ2v) is 7.40. The maximum absolute atomic E-state index is 12.3. The number of fused-ring (bicyclic) bond motifs is 1. The number of benzene rings is 1. The zero-order valence-corrected chi connectivity index (χ0v) is 16.1. The predicted molar refractivity (Wildman–Crippen MR) is 101 cm³/mol. The van der Waals surface area contributed by atoms with Crippen LogP contribution in [0.2, 0.25) is 0 Å². The van der Waals surface area contributed by atoms with Gasteiger partial charge in [0.1, 0.15) is 23.7 Å². The Labute approximate surface area is 157 Å². The highest BCUT2D eigenvalue weighted by Gasteiger charge is 2.20. The lowest BCUT2D eigenvalue weighted by molar-refractivity contribution is -0.155. The van der Waals surface area contributed by atoms with Crippen molar-refractivity contribution in [2.24, 2.45) is 0 Å². The topological polar surface area (TPSA) is 87.0 Å². The number of carbonyl (C=O) groups is 2. The molecule has 0 unspecified atom stereocenters. The molecule has 3 rings (SSSR count). The van der Waals surface area contributed by atoms with Crippen molar-refractivity contribution in [1.29, 1.82) is 0 Å². The first kappa shape index (κ1) is 18.7. The molecule has 3 aromatic rings. The number of aromatic nitrogens is 4. The molecule has 0 aliphatic rings. The molecule has 2 heterocycles. The van der Waals surface area contributed by atoms with Crippen LogP contribution < -0.4 is 0 Å². The van der Waals surface area contributed by atoms with E-state index in [1.807, 2.05) is 45.9 Å². The Hall–Kier alpha value is -3.09. The van der Waals surface area contributed by atoms with Crippen LogP contribution in [0.5, 0.6) is 0 Å². The van der Waals surface area contributed by atoms with Gasteiger partial charge in [0.15, 0.2) is 5.78 Å². The van der Waals surface area contributed by atoms with E-state index in [0.717, 1.165) is 11.1 Å². The fourth-order valence-electron chi connectivity index (χ4n) is 2.77. The van der Waals surface area contributed by atoms with Crippen LogP contribution >= 0.6 is 0 Å². The number of ketones is 1. The van der Waals surface area contributed by atoms with Crippen LogP contribution in [0.25, 0.3) is 22.0 Å². The summed E-state index contributed by atoms with van der Waals surface area (Å²) in [6.45, 7) is 8.63. The lowest BCUT2D eigenvalue weighted by Crippen LogP contribution is -2.26. The van der Waals surface area contributed by atoms with E-state index in [4.69, 9.17) is 4.74 Å². The number of carbonyl (C=O) groups excluding carboxylic acids is 2. The van der Waals surface area contributed by atoms with E-state index in [-0.39, 0.29) is 12.3 Å². The molecule has 1 aromatic carbocycles. The molecule has 7 nitrogen and oxygen atoms in total. The molecule has 0 atom stereocenters. The molecule has 0 fully saturated rings. The number of hydrogen-bond donors (Lipinski definition) is 0. The summed E-state index contributed by atoms with van der Waals surface area (Å²) in [7, 11) is 0. The van der Waals surface area contributed by atoms with Gasteiger partial charge in [-0.1, -0.05) is 6.07 Å². The highest BCUT2D eigenvalue weighted by Crippen LogP contribution is 2.26. The van der Waals surface area contributed by atoms with Crippen LogP contribution in [-0.2, 0) is 16.1 Å². The molecule has 0 N–H and O–H groups in total. The third-order valence-electron chi connectivity index (χ3n) is 3.90. The van der Waals surface area contributed by atoms with Gasteiger partial charge in [0.05, 0.1) is 5.52 Å². The molecular formula is C20H22N4O3. The molecule has 2 aromatic heterocycles. The second kappa shape index (κ2) is 6.90. The van der Waals surface area contributed by atoms with Crippen LogP contribution in [0.4, 0.5) is 0 Å². The zero-order valence-electron chi connectivity index (χ0n) is 16.1. The molecule has 7 heteroatoms. The third kappa shape index (κ3) is 4.19. The Morgan fingerprint density at radius 3 is 2.37 bits per heavy atom. The number of aryl methyl sites for hydroxylation is 1. The van der Waals surface area contributed by atoms with Crippen molar-refractivity contribution < 1.29 is 14.3 Å². The zero-order chi connectivity index (χ0) is 19.8. The first-order chi connectivity index (χ1) is 12.6. The molecule has 0 aliphatic carbocycles. The standard InChI is InChI=1S/C20H22N4O3/c1-12(25)19-16-7-6-14(15-9-21-13(2)22-10-15)8-17(16)24(23-19)11-18(26)27-20(3,4)5/h6-10H,11H2,1-5H3. The van der Waals surface area contributed by atoms with Gasteiger partial charge < -0.3 is 4.74 Å². The lowest BCUT2D eigenvalue weighted by atomic mass is 10.1. The van der Waals surface area contributed by atoms with Gasteiger partial charge in [-0.2, -0.15) is 5.10 Å². The van der Waals surface area contributed by atoms with Crippen molar-refractivity contribution in [3.8, 4) is 11.1 Å². The van der Waals surface area contributed by atoms with Crippen molar-refractivity contribution >= 4 is 22.7 Å². The van der Waals surface area contributed by atoms with Crippen molar-refractivity contribution in [2.45, 2.75) is 46.8 Å². The lowest BCUT2D eigenvalue weighted by Gasteiger charge is -2.19. The van der Waals surface area contributed by atoms with Gasteiger partial charge >= 0.3 is 5.97 Å². The molecule has 27 heavy (non-hydrogen) atoms. The van der Waals surface area contributed by atoms with E-state index in [1.54, 1.807) is 12.4 Å². The van der Waals surface area contributed by atoms with Crippen molar-refractivity contribution in [3.63, 3.8) is 0 Å². The average Bonchev–Trinajstić information content (AvgIpc) is 2.92. The van der Waals surface area contributed by atoms with Gasteiger partial charge in [0, 0.05) is 30.3 Å². The number of nitrogens with zero attached hydrogens (tertiary/aromatic N) is 4. The number of hydrogen-bond acceptors (Lipinski definition) is 6. The van der Waals surface area contributed by atoms with Crippen LogP contribution in [0.3, 0.4) is 0 Å². The van der Waals surface area contributed by atoms with Crippen molar-refractivity contribution in [3.05, 3.63) is 42.1 Å². The Bertz CT molecular complexity index is 1010. The Morgan fingerprint density at radius 2 is 1.78 bits per heavy atom. The van der Waals surface area contributed by atoms with E-state index in [1.165, 1.54) is 11.6 Å². The maximum atomic E-state index is 12.3. The third-order valence-corrected chi connectivity index (χ3v) is 3.90. The highest BCUT2D eigenvalue weighted by molar-refractivity contribution is 6.05. The Balaban J connectivity index is 2.06. The van der Waals surface area contributed by atoms with E-state index in [0.29, 0.717) is 22.4 Å². The summed E-state index contributed by atoms with van der Waals surface area (Å²) in [6.07, 6.45) is 3.48. The average molecular weight is 366 g/mol. The summed E-state index contributed by atoms with van der Waals surface area (Å²) in [6, 6.07) is 5.61. The first-order valence-corrected chi connectivity index (χ1v) is 8.66. The summed E-state index contributed by atoms with van der Waals surface area (Å²) < 4.78 is 6.90. The molecule has 140 valence electrons. The predicted octanol–water partition coefficient (Wildman–Crippen LogP) is 3.35. The number of ether oxygens (including phenoxy) is 1. The van der Waals surface area contributed by atoms with E-state index < -0.39 is 11.6 Å². The minimum atomic E-state index is -0.589. The monoisotopic (exact) mass is 366 g/mol. The maximum Gasteiger partial charge on any atom is 0.328 e. The summed E-state index contributed by atoms with van der Waals surface area (Å²) in [5.74, 6) is 0.120. The quantitative estimate of drug-likeness (QED) is 0.520. The van der Waals surface area contributed by atoms with Gasteiger partial charge in [0.25, 0.3) is 0 Å². The normalized spacial score (nSPS) is 11.6. The highest BCUT2D eigenvalue weighted by atomic mass is 16.6. The van der Waals surface area contributed by atoms with Gasteiger partial charge in [-0.15, -0.1) is 0 Å². The fraction of sp³-hybridized carbons (Fsp3) is 0.350. The van der Waals surface area contributed by atoms with E-state index in [9.17, 15) is 9.59 Å². The minimum absolute atomic E-state index is 0.0745. The molecule has 0 amide bonds. The summed E-state index contributed by atoms with van der Waals surface area (Å²) in [5, 5.41) is 5.04. The summed E-state index contributed by atoms with van der Waals surface area (Å²) in [5.41, 5.74) is 2.15. The summed E-state index contributed by atoms with van der Waals surface area (Å²) >= 11 is 0. The fourth-order valence-corrected chi connectivity index (χ4v) is 2.77. The van der Waals surface area contributed by atoms with Gasteiger partial charge in [-0.25, -0.2) is 9.97 Å². The Kier molecular flexibility index (Phi) is 4.78. The molecule has 0 saturated heterocycles. The van der Waals surface area contributed by atoms with Gasteiger partial charge in [0.2, 0.25) is 0 Å². The molecule has 0 saturated carbocycles. The second-order valence-electron chi connectivity index (χ2n) is 7.40. The van der Waals surface area contributed by atoms with Gasteiger partial charge in [-0.05, 0) is 45.4 Å². The molecule has 0 spiro atoms. The molecule has 0 aliphatic heterocycles. The molecule has 0 radical (unpaired) electrons. The minimum Gasteiger partial charge on any atom is -0.459 e. The van der Waals surface area contributed by atoms with E-state index >= 15 is 0 Å². The number of rotatable bonds is 4. The van der Waals surface area contributed by atoms with Crippen molar-refractivity contribution in [1.82, 2.24) is 19.7 Å². The van der Waals surface area contributed by atoms with E-state index in [2.05, 4.69) is 15.1 Å². The van der Waals surface area contributed by atoms with Crippen LogP contribution in [-0.4, -0.2) is 37.1 Å². The van der Waals surface area contributed by atoms with Gasteiger partial charge in [-0.3, -0.25) is 14.3 Å². The smallest absolute Gasteiger partial charge is 0.328 e. The Morgan fingerprint density at radius 1 is 1.11 bits per heavy atom. The van der Waals surface area contributed by atoms with Crippen LogP contribution in [0, 0.1) is 6.92 Å².